The van der Waals surface area contributed by atoms with Gasteiger partial charge in [0.25, 0.3) is 0 Å². The van der Waals surface area contributed by atoms with Crippen molar-refractivity contribution in [2.24, 2.45) is 0 Å². The molecule has 0 aliphatic rings. The normalized spacial score (nSPS) is 10.1. The number of rotatable bonds is 2. The van der Waals surface area contributed by atoms with Crippen LogP contribution < -0.4 is 0 Å². The number of carbonyl (C=O) groups is 1. The SMILES string of the molecule is O=C(O)c1c(Br)cnc(Cl)c1CBr. The molecule has 1 aromatic heterocycles. The molecule has 0 fully saturated rings. The molecule has 0 saturated heterocycles. The van der Waals surface area contributed by atoms with Crippen molar-refractivity contribution in [1.82, 2.24) is 4.98 Å². The zero-order chi connectivity index (χ0) is 10.0. The summed E-state index contributed by atoms with van der Waals surface area (Å²) in [4.78, 5) is 14.6. The number of hydrogen-bond donors (Lipinski definition) is 1. The Morgan fingerprint density at radius 3 is 2.69 bits per heavy atom. The average Bonchev–Trinajstić information content (AvgIpc) is 2.07. The van der Waals surface area contributed by atoms with Crippen molar-refractivity contribution in [3.63, 3.8) is 0 Å². The van der Waals surface area contributed by atoms with Crippen LogP contribution in [0.1, 0.15) is 15.9 Å². The lowest BCUT2D eigenvalue weighted by atomic mass is 10.2. The molecular formula is C7H4Br2ClNO2. The van der Waals surface area contributed by atoms with Crippen LogP contribution in [0.4, 0.5) is 0 Å². The van der Waals surface area contributed by atoms with Gasteiger partial charge in [0.1, 0.15) is 5.15 Å². The van der Waals surface area contributed by atoms with Crippen LogP contribution in [0.5, 0.6) is 0 Å². The van der Waals surface area contributed by atoms with Crippen LogP contribution in [0, 0.1) is 0 Å². The second-order valence-electron chi connectivity index (χ2n) is 2.19. The van der Waals surface area contributed by atoms with E-state index >= 15 is 0 Å². The molecule has 1 N–H and O–H groups in total. The number of pyridine rings is 1. The molecule has 0 aliphatic carbocycles. The van der Waals surface area contributed by atoms with Crippen molar-refractivity contribution in [1.29, 1.82) is 0 Å². The molecule has 0 radical (unpaired) electrons. The molecule has 0 saturated carbocycles. The summed E-state index contributed by atoms with van der Waals surface area (Å²) in [6.07, 6.45) is 1.37. The zero-order valence-electron chi connectivity index (χ0n) is 6.22. The van der Waals surface area contributed by atoms with Crippen LogP contribution in [-0.2, 0) is 5.33 Å². The highest BCUT2D eigenvalue weighted by atomic mass is 79.9. The summed E-state index contributed by atoms with van der Waals surface area (Å²) < 4.78 is 0.429. The van der Waals surface area contributed by atoms with Crippen molar-refractivity contribution in [2.45, 2.75) is 5.33 Å². The van der Waals surface area contributed by atoms with E-state index in [9.17, 15) is 4.79 Å². The molecule has 0 amide bonds. The van der Waals surface area contributed by atoms with Gasteiger partial charge < -0.3 is 5.11 Å². The van der Waals surface area contributed by atoms with Crippen LogP contribution >= 0.6 is 43.5 Å². The minimum Gasteiger partial charge on any atom is -0.478 e. The van der Waals surface area contributed by atoms with Crippen molar-refractivity contribution in [2.75, 3.05) is 0 Å². The van der Waals surface area contributed by atoms with Crippen LogP contribution in [0.3, 0.4) is 0 Å². The third-order valence-corrected chi connectivity index (χ3v) is 2.92. The van der Waals surface area contributed by atoms with Gasteiger partial charge in [-0.05, 0) is 15.9 Å². The molecule has 0 bridgehead atoms. The predicted molar refractivity (Wildman–Crippen MR) is 56.5 cm³/mol. The molecule has 13 heavy (non-hydrogen) atoms. The number of aromatic nitrogens is 1. The quantitative estimate of drug-likeness (QED) is 0.670. The topological polar surface area (TPSA) is 50.2 Å². The summed E-state index contributed by atoms with van der Waals surface area (Å²) in [6.45, 7) is 0. The summed E-state index contributed by atoms with van der Waals surface area (Å²) in [5.41, 5.74) is 0.625. The minimum absolute atomic E-state index is 0.150. The van der Waals surface area contributed by atoms with E-state index in [2.05, 4.69) is 36.8 Å². The van der Waals surface area contributed by atoms with E-state index in [4.69, 9.17) is 16.7 Å². The van der Waals surface area contributed by atoms with Crippen molar-refractivity contribution in [3.05, 3.63) is 26.9 Å². The van der Waals surface area contributed by atoms with Crippen LogP contribution in [-0.4, -0.2) is 16.1 Å². The van der Waals surface area contributed by atoms with Gasteiger partial charge in [0.15, 0.2) is 0 Å². The van der Waals surface area contributed by atoms with E-state index in [-0.39, 0.29) is 10.7 Å². The minimum atomic E-state index is -1.02. The lowest BCUT2D eigenvalue weighted by molar-refractivity contribution is 0.0695. The largest absolute Gasteiger partial charge is 0.478 e. The van der Waals surface area contributed by atoms with E-state index in [1.165, 1.54) is 6.20 Å². The maximum Gasteiger partial charge on any atom is 0.337 e. The van der Waals surface area contributed by atoms with Crippen molar-refractivity contribution in [3.8, 4) is 0 Å². The summed E-state index contributed by atoms with van der Waals surface area (Å²) in [6, 6.07) is 0. The van der Waals surface area contributed by atoms with E-state index in [1.54, 1.807) is 0 Å². The first-order valence-electron chi connectivity index (χ1n) is 3.20. The third kappa shape index (κ3) is 2.21. The number of nitrogens with zero attached hydrogens (tertiary/aromatic N) is 1. The first-order valence-corrected chi connectivity index (χ1v) is 5.49. The molecule has 6 heteroatoms. The molecule has 0 aromatic carbocycles. The number of hydrogen-bond acceptors (Lipinski definition) is 2. The molecule has 0 unspecified atom stereocenters. The zero-order valence-corrected chi connectivity index (χ0v) is 10.1. The molecule has 0 spiro atoms. The van der Waals surface area contributed by atoms with Gasteiger partial charge >= 0.3 is 5.97 Å². The lowest BCUT2D eigenvalue weighted by Gasteiger charge is -2.05. The Kier molecular flexibility index (Phi) is 3.70. The van der Waals surface area contributed by atoms with Gasteiger partial charge in [0, 0.05) is 17.1 Å². The van der Waals surface area contributed by atoms with E-state index in [0.29, 0.717) is 15.4 Å². The van der Waals surface area contributed by atoms with Gasteiger partial charge in [-0.1, -0.05) is 27.5 Å². The molecule has 1 heterocycles. The Morgan fingerprint density at radius 1 is 1.69 bits per heavy atom. The fourth-order valence-corrected chi connectivity index (χ4v) is 2.29. The fraction of sp³-hybridized carbons (Fsp3) is 0.143. The van der Waals surface area contributed by atoms with Gasteiger partial charge in [0.05, 0.1) is 10.0 Å². The van der Waals surface area contributed by atoms with Gasteiger partial charge in [0.2, 0.25) is 0 Å². The maximum absolute atomic E-state index is 10.8. The van der Waals surface area contributed by atoms with E-state index in [1.807, 2.05) is 0 Å². The monoisotopic (exact) mass is 327 g/mol. The average molecular weight is 329 g/mol. The Bertz CT molecular complexity index is 357. The standard InChI is InChI=1S/C7H4Br2ClNO2/c8-1-3-5(7(12)13)4(9)2-11-6(3)10/h2H,1H2,(H,12,13). The maximum atomic E-state index is 10.8. The van der Waals surface area contributed by atoms with Crippen LogP contribution in [0.2, 0.25) is 5.15 Å². The van der Waals surface area contributed by atoms with Gasteiger partial charge in [-0.25, -0.2) is 9.78 Å². The first kappa shape index (κ1) is 10.9. The highest BCUT2D eigenvalue weighted by Crippen LogP contribution is 2.26. The first-order chi connectivity index (χ1) is 6.07. The third-order valence-electron chi connectivity index (χ3n) is 1.43. The van der Waals surface area contributed by atoms with Crippen LogP contribution in [0.25, 0.3) is 0 Å². The van der Waals surface area contributed by atoms with Gasteiger partial charge in [-0.15, -0.1) is 0 Å². The predicted octanol–water partition coefficient (Wildman–Crippen LogP) is 3.09. The Labute approximate surface area is 96.4 Å². The number of carboxylic acid groups (broad SMARTS) is 1. The number of halogens is 3. The smallest absolute Gasteiger partial charge is 0.337 e. The summed E-state index contributed by atoms with van der Waals surface area (Å²) >= 11 is 12.0. The summed E-state index contributed by atoms with van der Waals surface area (Å²) in [5, 5.41) is 9.43. The number of alkyl halides is 1. The molecule has 1 rings (SSSR count). The Balaban J connectivity index is 3.43. The van der Waals surface area contributed by atoms with Crippen molar-refractivity contribution >= 4 is 49.4 Å². The number of carboxylic acids is 1. The second-order valence-corrected chi connectivity index (χ2v) is 3.96. The Hall–Kier alpha value is -0.130. The van der Waals surface area contributed by atoms with E-state index < -0.39 is 5.97 Å². The number of aromatic carboxylic acids is 1. The summed E-state index contributed by atoms with van der Waals surface area (Å²) in [7, 11) is 0. The molecule has 0 atom stereocenters. The second kappa shape index (κ2) is 4.39. The molecule has 1 aromatic rings. The van der Waals surface area contributed by atoms with Gasteiger partial charge in [-0.3, -0.25) is 0 Å². The fourth-order valence-electron chi connectivity index (χ4n) is 0.856. The summed E-state index contributed by atoms with van der Waals surface area (Å²) in [5.74, 6) is -1.02. The van der Waals surface area contributed by atoms with Crippen molar-refractivity contribution < 1.29 is 9.90 Å². The van der Waals surface area contributed by atoms with Gasteiger partial charge in [-0.2, -0.15) is 0 Å². The van der Waals surface area contributed by atoms with Crippen LogP contribution in [0.15, 0.2) is 10.7 Å². The lowest BCUT2D eigenvalue weighted by Crippen LogP contribution is -2.04. The molecule has 70 valence electrons. The Morgan fingerprint density at radius 2 is 2.31 bits per heavy atom. The molecule has 3 nitrogen and oxygen atoms in total. The highest BCUT2D eigenvalue weighted by molar-refractivity contribution is 9.10. The van der Waals surface area contributed by atoms with E-state index in [0.717, 1.165) is 0 Å². The molecular weight excluding hydrogens is 325 g/mol. The molecule has 0 aliphatic heterocycles. The highest BCUT2D eigenvalue weighted by Gasteiger charge is 2.17.